The monoisotopic (exact) mass is 603 g/mol. The minimum Gasteiger partial charge on any atom is -0.462 e. The highest BCUT2D eigenvalue weighted by Crippen LogP contribution is 2.38. The van der Waals surface area contributed by atoms with Crippen molar-refractivity contribution in [2.75, 3.05) is 19.7 Å². The van der Waals surface area contributed by atoms with Gasteiger partial charge in [0, 0.05) is 37.2 Å². The van der Waals surface area contributed by atoms with Crippen LogP contribution in [0.25, 0.3) is 0 Å². The Kier molecular flexibility index (Phi) is 10.9. The van der Waals surface area contributed by atoms with Crippen LogP contribution < -0.4 is 0 Å². The van der Waals surface area contributed by atoms with Crippen molar-refractivity contribution in [1.82, 2.24) is 14.2 Å². The Morgan fingerprint density at radius 1 is 0.953 bits per heavy atom. The molecule has 0 N–H and O–H groups in total. The Labute approximate surface area is 258 Å². The number of carbonyl (C=O) groups is 3. The van der Waals surface area contributed by atoms with Crippen LogP contribution in [0, 0.1) is 5.92 Å². The smallest absolute Gasteiger partial charge is 0.421 e. The van der Waals surface area contributed by atoms with E-state index >= 15 is 0 Å². The Morgan fingerprint density at radius 3 is 2.07 bits per heavy atom. The number of hydrogen-bond acceptors (Lipinski definition) is 7. The molecule has 0 aliphatic carbocycles. The van der Waals surface area contributed by atoms with Crippen molar-refractivity contribution in [2.45, 2.75) is 70.0 Å². The van der Waals surface area contributed by atoms with Crippen LogP contribution in [0.3, 0.4) is 0 Å². The maximum atomic E-state index is 13.9. The standard InChI is InChI=1S/C34H41N3O5S/c1-6-41-32(39)28-18-13-21-35-30(28)43-37(33(40)42-34(3,4)5)24(2)31(38)36-22-19-27(20-23-36)29(25-14-9-7-10-15-25)26-16-11-8-12-17-26/h7-18,21,24,27,29H,6,19-20,22-23H2,1-5H3/t24-/m1/s1. The second-order valence-corrected chi connectivity index (χ2v) is 12.6. The van der Waals surface area contributed by atoms with Gasteiger partial charge in [0.05, 0.1) is 12.2 Å². The fourth-order valence-electron chi connectivity index (χ4n) is 5.38. The van der Waals surface area contributed by atoms with Crippen molar-refractivity contribution in [2.24, 2.45) is 5.92 Å². The molecule has 0 spiro atoms. The van der Waals surface area contributed by atoms with Gasteiger partial charge in [-0.15, -0.1) is 0 Å². The molecule has 0 saturated carbocycles. The van der Waals surface area contributed by atoms with E-state index in [4.69, 9.17) is 9.47 Å². The minimum absolute atomic E-state index is 0.179. The zero-order valence-electron chi connectivity index (χ0n) is 25.6. The van der Waals surface area contributed by atoms with E-state index in [-0.39, 0.29) is 29.0 Å². The molecular formula is C34H41N3O5S. The van der Waals surface area contributed by atoms with Crippen molar-refractivity contribution >= 4 is 29.9 Å². The van der Waals surface area contributed by atoms with E-state index in [2.05, 4.69) is 53.5 Å². The number of esters is 1. The van der Waals surface area contributed by atoms with Gasteiger partial charge in [0.25, 0.3) is 0 Å². The summed E-state index contributed by atoms with van der Waals surface area (Å²) < 4.78 is 12.1. The van der Waals surface area contributed by atoms with Gasteiger partial charge in [0.2, 0.25) is 5.91 Å². The zero-order valence-corrected chi connectivity index (χ0v) is 26.4. The molecule has 3 aromatic rings. The molecule has 2 amide bonds. The Hall–Kier alpha value is -3.85. The molecule has 2 heterocycles. The van der Waals surface area contributed by atoms with Crippen LogP contribution in [0.5, 0.6) is 0 Å². The van der Waals surface area contributed by atoms with Crippen molar-refractivity contribution in [1.29, 1.82) is 0 Å². The molecule has 0 radical (unpaired) electrons. The van der Waals surface area contributed by atoms with E-state index in [0.717, 1.165) is 24.8 Å². The number of piperidine rings is 1. The molecule has 1 atom stereocenters. The first-order chi connectivity index (χ1) is 20.6. The summed E-state index contributed by atoms with van der Waals surface area (Å²) in [5, 5.41) is 0.263. The molecule has 1 fully saturated rings. The summed E-state index contributed by atoms with van der Waals surface area (Å²) in [6.07, 6.45) is 2.52. The summed E-state index contributed by atoms with van der Waals surface area (Å²) in [6, 6.07) is 23.4. The number of aromatic nitrogens is 1. The lowest BCUT2D eigenvalue weighted by Gasteiger charge is -2.39. The summed E-state index contributed by atoms with van der Waals surface area (Å²) in [4.78, 5) is 46.1. The van der Waals surface area contributed by atoms with Gasteiger partial charge in [-0.05, 0) is 76.6 Å². The summed E-state index contributed by atoms with van der Waals surface area (Å²) in [5.74, 6) is -0.131. The zero-order chi connectivity index (χ0) is 31.0. The number of ether oxygens (including phenoxy) is 2. The lowest BCUT2D eigenvalue weighted by atomic mass is 9.76. The van der Waals surface area contributed by atoms with E-state index in [0.29, 0.717) is 19.0 Å². The van der Waals surface area contributed by atoms with Gasteiger partial charge in [0.1, 0.15) is 16.7 Å². The number of benzene rings is 2. The van der Waals surface area contributed by atoms with Crippen molar-refractivity contribution < 1.29 is 23.9 Å². The van der Waals surface area contributed by atoms with Crippen LogP contribution in [0.1, 0.15) is 74.9 Å². The van der Waals surface area contributed by atoms with E-state index in [9.17, 15) is 14.4 Å². The number of likely N-dealkylation sites (tertiary alicyclic amines) is 1. The third-order valence-corrected chi connectivity index (χ3v) is 8.53. The predicted molar refractivity (Wildman–Crippen MR) is 168 cm³/mol. The average molecular weight is 604 g/mol. The third kappa shape index (κ3) is 8.38. The second-order valence-electron chi connectivity index (χ2n) is 11.6. The molecule has 1 saturated heterocycles. The van der Waals surface area contributed by atoms with Crippen molar-refractivity contribution in [3.63, 3.8) is 0 Å². The maximum absolute atomic E-state index is 13.9. The highest BCUT2D eigenvalue weighted by atomic mass is 32.2. The van der Waals surface area contributed by atoms with Gasteiger partial charge in [-0.25, -0.2) is 18.9 Å². The molecule has 1 aromatic heterocycles. The van der Waals surface area contributed by atoms with Gasteiger partial charge < -0.3 is 14.4 Å². The second kappa shape index (κ2) is 14.6. The fourth-order valence-corrected chi connectivity index (χ4v) is 6.28. The largest absolute Gasteiger partial charge is 0.462 e. The van der Waals surface area contributed by atoms with Crippen molar-refractivity contribution in [3.05, 3.63) is 95.7 Å². The quantitative estimate of drug-likeness (QED) is 0.193. The summed E-state index contributed by atoms with van der Waals surface area (Å²) in [7, 11) is 0. The van der Waals surface area contributed by atoms with Gasteiger partial charge in [-0.1, -0.05) is 60.7 Å². The van der Waals surface area contributed by atoms with Gasteiger partial charge in [0.15, 0.2) is 0 Å². The molecule has 0 bridgehead atoms. The fraction of sp³-hybridized carbons (Fsp3) is 0.412. The van der Waals surface area contributed by atoms with Gasteiger partial charge >= 0.3 is 12.1 Å². The van der Waals surface area contributed by atoms with Crippen LogP contribution in [0.4, 0.5) is 4.79 Å². The normalized spacial score (nSPS) is 14.7. The van der Waals surface area contributed by atoms with Gasteiger partial charge in [-0.2, -0.15) is 0 Å². The third-order valence-electron chi connectivity index (χ3n) is 7.37. The number of amides is 2. The molecule has 228 valence electrons. The molecule has 8 nitrogen and oxygen atoms in total. The highest BCUT2D eigenvalue weighted by Gasteiger charge is 2.37. The summed E-state index contributed by atoms with van der Waals surface area (Å²) >= 11 is 0.918. The predicted octanol–water partition coefficient (Wildman–Crippen LogP) is 6.96. The molecule has 1 aliphatic rings. The summed E-state index contributed by atoms with van der Waals surface area (Å²) in [5.41, 5.74) is 1.98. The molecular weight excluding hydrogens is 562 g/mol. The average Bonchev–Trinajstić information content (AvgIpc) is 3.00. The number of hydrogen-bond donors (Lipinski definition) is 0. The Balaban J connectivity index is 1.52. The Bertz CT molecular complexity index is 1330. The van der Waals surface area contributed by atoms with E-state index in [1.165, 1.54) is 21.6 Å². The molecule has 2 aromatic carbocycles. The van der Waals surface area contributed by atoms with Crippen LogP contribution >= 0.6 is 11.9 Å². The van der Waals surface area contributed by atoms with Gasteiger partial charge in [-0.3, -0.25) is 4.79 Å². The lowest BCUT2D eigenvalue weighted by molar-refractivity contribution is -0.136. The van der Waals surface area contributed by atoms with Crippen molar-refractivity contribution in [3.8, 4) is 0 Å². The maximum Gasteiger partial charge on any atom is 0.421 e. The number of pyridine rings is 1. The first kappa shape index (κ1) is 32.1. The molecule has 43 heavy (non-hydrogen) atoms. The SMILES string of the molecule is CCOC(=O)c1cccnc1SN(C(=O)OC(C)(C)C)[C@H](C)C(=O)N1CCC(C(c2ccccc2)c2ccccc2)CC1. The number of rotatable bonds is 9. The van der Waals surface area contributed by atoms with E-state index < -0.39 is 23.7 Å². The van der Waals surface area contributed by atoms with Crippen LogP contribution in [-0.2, 0) is 14.3 Å². The van der Waals surface area contributed by atoms with E-state index in [1.54, 1.807) is 46.8 Å². The lowest BCUT2D eigenvalue weighted by Crippen LogP contribution is -2.50. The first-order valence-corrected chi connectivity index (χ1v) is 15.6. The molecule has 0 unspecified atom stereocenters. The van der Waals surface area contributed by atoms with Crippen LogP contribution in [0.15, 0.2) is 84.0 Å². The van der Waals surface area contributed by atoms with Crippen LogP contribution in [0.2, 0.25) is 0 Å². The molecule has 4 rings (SSSR count). The minimum atomic E-state index is -0.868. The Morgan fingerprint density at radius 2 is 1.53 bits per heavy atom. The number of carbonyl (C=O) groups excluding carboxylic acids is 3. The van der Waals surface area contributed by atoms with E-state index in [1.807, 2.05) is 17.0 Å². The summed E-state index contributed by atoms with van der Waals surface area (Å²) in [6.45, 7) is 10.1. The number of nitrogens with zero attached hydrogens (tertiary/aromatic N) is 3. The molecule has 9 heteroatoms. The van der Waals surface area contributed by atoms with Crippen LogP contribution in [-0.4, -0.2) is 63.5 Å². The topological polar surface area (TPSA) is 89.0 Å². The molecule has 1 aliphatic heterocycles. The first-order valence-electron chi connectivity index (χ1n) is 14.8. The highest BCUT2D eigenvalue weighted by molar-refractivity contribution is 7.97.